The molecule has 0 aliphatic heterocycles. The van der Waals surface area contributed by atoms with Gasteiger partial charge in [0, 0.05) is 16.3 Å². The second-order valence-corrected chi connectivity index (χ2v) is 5.02. The highest BCUT2D eigenvalue weighted by Gasteiger charge is 2.12. The molecule has 0 bridgehead atoms. The lowest BCUT2D eigenvalue weighted by molar-refractivity contribution is 0.0952. The summed E-state index contributed by atoms with van der Waals surface area (Å²) in [6.45, 7) is 0. The molecular weight excluding hydrogens is 312 g/mol. The van der Waals surface area contributed by atoms with Gasteiger partial charge in [0.2, 0.25) is 10.9 Å². The summed E-state index contributed by atoms with van der Waals surface area (Å²) in [7, 11) is 1.45. The topological polar surface area (TPSA) is 105 Å². The van der Waals surface area contributed by atoms with Crippen molar-refractivity contribution in [1.82, 2.24) is 5.43 Å². The fourth-order valence-corrected chi connectivity index (χ4v) is 2.31. The molecule has 0 saturated carbocycles. The highest BCUT2D eigenvalue weighted by Crippen LogP contribution is 2.14. The van der Waals surface area contributed by atoms with Gasteiger partial charge >= 0.3 is 0 Å². The van der Waals surface area contributed by atoms with Crippen molar-refractivity contribution in [2.75, 3.05) is 7.11 Å². The summed E-state index contributed by atoms with van der Waals surface area (Å²) in [6, 6.07) is 10.1. The van der Waals surface area contributed by atoms with Gasteiger partial charge in [-0.2, -0.15) is 5.10 Å². The Balaban J connectivity index is 2.03. The summed E-state index contributed by atoms with van der Waals surface area (Å²) in [4.78, 5) is 36.5. The summed E-state index contributed by atoms with van der Waals surface area (Å²) < 4.78 is 5.03. The highest BCUT2D eigenvalue weighted by atomic mass is 16.5. The van der Waals surface area contributed by atoms with Crippen molar-refractivity contribution < 1.29 is 14.6 Å². The molecule has 0 heterocycles. The number of carbonyl (C=O) groups is 1. The number of ether oxygens (including phenoxy) is 1. The maximum absolute atomic E-state index is 12.3. The summed E-state index contributed by atoms with van der Waals surface area (Å²) in [6.07, 6.45) is 0. The van der Waals surface area contributed by atoms with Crippen LogP contribution in [0.25, 0.3) is 10.8 Å². The van der Waals surface area contributed by atoms with Gasteiger partial charge in [-0.15, -0.1) is 0 Å². The summed E-state index contributed by atoms with van der Waals surface area (Å²) >= 11 is 0. The van der Waals surface area contributed by atoms with Crippen LogP contribution in [0, 0.1) is 0 Å². The molecule has 0 atom stereocenters. The first-order chi connectivity index (χ1) is 11.5. The molecular formula is C17H12N2O5. The monoisotopic (exact) mass is 324 g/mol. The van der Waals surface area contributed by atoms with Crippen LogP contribution in [0.5, 0.6) is 11.5 Å². The van der Waals surface area contributed by atoms with Crippen LogP contribution in [0.2, 0.25) is 0 Å². The Morgan fingerprint density at radius 1 is 1.08 bits per heavy atom. The molecule has 3 aromatic carbocycles. The van der Waals surface area contributed by atoms with Crippen LogP contribution in [-0.2, 0) is 0 Å². The molecule has 0 unspecified atom stereocenters. The van der Waals surface area contributed by atoms with E-state index in [0.29, 0.717) is 5.75 Å². The molecule has 1 amide bonds. The van der Waals surface area contributed by atoms with Crippen molar-refractivity contribution in [2.24, 2.45) is 5.10 Å². The number of phenols is 1. The fraction of sp³-hybridized carbons (Fsp3) is 0.0588. The van der Waals surface area contributed by atoms with Crippen LogP contribution >= 0.6 is 0 Å². The largest absolute Gasteiger partial charge is 0.508 e. The first kappa shape index (κ1) is 15.4. The second kappa shape index (κ2) is 5.96. The zero-order valence-corrected chi connectivity index (χ0v) is 12.6. The second-order valence-electron chi connectivity index (χ2n) is 5.02. The van der Waals surface area contributed by atoms with Crippen molar-refractivity contribution in [3.05, 3.63) is 73.8 Å². The molecule has 0 saturated heterocycles. The van der Waals surface area contributed by atoms with Crippen molar-refractivity contribution in [3.63, 3.8) is 0 Å². The minimum Gasteiger partial charge on any atom is -0.508 e. The Labute approximate surface area is 135 Å². The molecule has 0 fully saturated rings. The lowest BCUT2D eigenvalue weighted by Crippen LogP contribution is -2.35. The van der Waals surface area contributed by atoms with E-state index in [1.165, 1.54) is 43.5 Å². The van der Waals surface area contributed by atoms with E-state index in [1.54, 1.807) is 6.07 Å². The number of phenolic OH excluding ortho intramolecular Hbond substituents is 1. The van der Waals surface area contributed by atoms with E-state index in [4.69, 9.17) is 4.74 Å². The third-order valence-electron chi connectivity index (χ3n) is 3.52. The molecule has 24 heavy (non-hydrogen) atoms. The lowest BCUT2D eigenvalue weighted by Gasteiger charge is -1.99. The van der Waals surface area contributed by atoms with Crippen molar-refractivity contribution in [1.29, 1.82) is 0 Å². The normalized spacial score (nSPS) is 11.6. The van der Waals surface area contributed by atoms with E-state index >= 15 is 0 Å². The van der Waals surface area contributed by atoms with Gasteiger partial charge in [0.25, 0.3) is 5.91 Å². The molecule has 0 aliphatic rings. The Bertz CT molecular complexity index is 1090. The van der Waals surface area contributed by atoms with Gasteiger partial charge in [-0.1, -0.05) is 6.07 Å². The number of carbonyl (C=O) groups excluding carboxylic acids is 1. The van der Waals surface area contributed by atoms with Crippen molar-refractivity contribution in [2.45, 2.75) is 0 Å². The number of hydrogen-bond donors (Lipinski definition) is 2. The van der Waals surface area contributed by atoms with Crippen LogP contribution in [0.3, 0.4) is 0 Å². The number of methoxy groups -OCH3 is 1. The standard InChI is InChI=1S/C17H12N2O5/c1-24-11-5-6-12-13(8-11)16(22)14(15(12)21)18-19-17(23)9-3-2-4-10(20)7-9/h2-8,20H,1H3,(H,19,23)/b18-14+. The van der Waals surface area contributed by atoms with E-state index in [0.717, 1.165) is 0 Å². The third-order valence-corrected chi connectivity index (χ3v) is 3.52. The fourth-order valence-electron chi connectivity index (χ4n) is 2.31. The van der Waals surface area contributed by atoms with Gasteiger partial charge in [0.1, 0.15) is 11.5 Å². The van der Waals surface area contributed by atoms with Crippen LogP contribution in [0.1, 0.15) is 10.4 Å². The SMILES string of the molecule is COc1ccc2c(=O)/c(=N\NC(=O)c3cccc(O)c3)c(=O)c2c1. The minimum atomic E-state index is -0.646. The zero-order chi connectivity index (χ0) is 17.3. The van der Waals surface area contributed by atoms with E-state index < -0.39 is 16.8 Å². The first-order valence-corrected chi connectivity index (χ1v) is 6.95. The number of hydrogen-bond acceptors (Lipinski definition) is 6. The molecule has 0 aromatic heterocycles. The quantitative estimate of drug-likeness (QED) is 0.678. The van der Waals surface area contributed by atoms with Crippen molar-refractivity contribution in [3.8, 4) is 11.5 Å². The van der Waals surface area contributed by atoms with Gasteiger partial charge in [-0.05, 0) is 36.4 Å². The molecule has 7 heteroatoms. The smallest absolute Gasteiger partial charge is 0.271 e. The number of benzene rings is 2. The predicted octanol–water partition coefficient (Wildman–Crippen LogP) is 0.396. The molecule has 0 spiro atoms. The average Bonchev–Trinajstić information content (AvgIpc) is 2.83. The number of fused-ring (bicyclic) bond motifs is 1. The Morgan fingerprint density at radius 3 is 2.54 bits per heavy atom. The predicted molar refractivity (Wildman–Crippen MR) is 86.5 cm³/mol. The molecule has 7 nitrogen and oxygen atoms in total. The summed E-state index contributed by atoms with van der Waals surface area (Å²) in [5.41, 5.74) is 1.17. The zero-order valence-electron chi connectivity index (χ0n) is 12.6. The average molecular weight is 324 g/mol. The number of aromatic hydroxyl groups is 1. The summed E-state index contributed by atoms with van der Waals surface area (Å²) in [5.74, 6) is -0.282. The molecule has 3 rings (SSSR count). The molecule has 2 N–H and O–H groups in total. The van der Waals surface area contributed by atoms with Crippen LogP contribution < -0.4 is 26.4 Å². The van der Waals surface area contributed by atoms with E-state index in [1.807, 2.05) is 0 Å². The number of nitrogens with zero attached hydrogens (tertiary/aromatic N) is 1. The lowest BCUT2D eigenvalue weighted by atomic mass is 10.2. The summed E-state index contributed by atoms with van der Waals surface area (Å²) in [5, 5.41) is 13.0. The Morgan fingerprint density at radius 2 is 1.83 bits per heavy atom. The molecule has 0 aliphatic carbocycles. The van der Waals surface area contributed by atoms with Crippen LogP contribution in [0.4, 0.5) is 0 Å². The van der Waals surface area contributed by atoms with Gasteiger partial charge in [0.05, 0.1) is 7.11 Å². The van der Waals surface area contributed by atoms with Gasteiger partial charge < -0.3 is 9.84 Å². The molecule has 3 aromatic rings. The third kappa shape index (κ3) is 2.63. The molecule has 0 radical (unpaired) electrons. The van der Waals surface area contributed by atoms with Gasteiger partial charge in [-0.3, -0.25) is 14.4 Å². The van der Waals surface area contributed by atoms with E-state index in [2.05, 4.69) is 10.5 Å². The first-order valence-electron chi connectivity index (χ1n) is 6.95. The number of nitrogens with one attached hydrogen (secondary N) is 1. The maximum atomic E-state index is 12.3. The Hall–Kier alpha value is -3.48. The van der Waals surface area contributed by atoms with E-state index in [9.17, 15) is 19.5 Å². The maximum Gasteiger partial charge on any atom is 0.271 e. The van der Waals surface area contributed by atoms with Crippen molar-refractivity contribution >= 4 is 16.7 Å². The number of amides is 1. The minimum absolute atomic E-state index is 0.0807. The Kier molecular flexibility index (Phi) is 3.83. The molecule has 120 valence electrons. The van der Waals surface area contributed by atoms with Crippen LogP contribution in [-0.4, -0.2) is 18.1 Å². The number of rotatable bonds is 3. The van der Waals surface area contributed by atoms with Gasteiger partial charge in [0.15, 0.2) is 5.36 Å². The highest BCUT2D eigenvalue weighted by molar-refractivity contribution is 5.94. The van der Waals surface area contributed by atoms with Gasteiger partial charge in [-0.25, -0.2) is 5.43 Å². The van der Waals surface area contributed by atoms with Crippen LogP contribution in [0.15, 0.2) is 57.2 Å². The van der Waals surface area contributed by atoms with E-state index in [-0.39, 0.29) is 27.4 Å².